The van der Waals surface area contributed by atoms with Gasteiger partial charge in [-0.25, -0.2) is 0 Å². The minimum Gasteiger partial charge on any atom is -0.355 e. The van der Waals surface area contributed by atoms with Gasteiger partial charge < -0.3 is 35.6 Å². The number of hydrogen-bond donors (Lipinski definition) is 3. The highest BCUT2D eigenvalue weighted by atomic mass is 35.5. The average molecular weight is 621 g/mol. The summed E-state index contributed by atoms with van der Waals surface area (Å²) in [4.78, 5) is 40.6. The summed E-state index contributed by atoms with van der Waals surface area (Å²) in [5.74, 6) is -0.384. The number of aromatic nitrogens is 1. The molecule has 2 aliphatic rings. The summed E-state index contributed by atoms with van der Waals surface area (Å²) in [6.45, 7) is 11.6. The molecule has 0 unspecified atom stereocenters. The number of rotatable bonds is 12. The predicted molar refractivity (Wildman–Crippen MR) is 178 cm³/mol. The van der Waals surface area contributed by atoms with Crippen LogP contribution in [0.25, 0.3) is 10.9 Å². The number of carbonyl (C=O) groups excluding carboxylic acids is 2. The quantitative estimate of drug-likeness (QED) is 0.265. The van der Waals surface area contributed by atoms with Crippen molar-refractivity contribution in [3.8, 4) is 0 Å². The molecule has 0 spiro atoms. The first-order valence-corrected chi connectivity index (χ1v) is 16.1. The van der Waals surface area contributed by atoms with E-state index in [1.807, 2.05) is 24.3 Å². The third-order valence-electron chi connectivity index (χ3n) is 8.51. The van der Waals surface area contributed by atoms with Gasteiger partial charge in [-0.05, 0) is 82.5 Å². The number of pyridine rings is 1. The largest absolute Gasteiger partial charge is 0.355 e. The van der Waals surface area contributed by atoms with Crippen molar-refractivity contribution in [3.05, 3.63) is 64.8 Å². The van der Waals surface area contributed by atoms with Crippen LogP contribution in [0.3, 0.4) is 0 Å². The molecule has 2 aromatic carbocycles. The molecule has 0 atom stereocenters. The first-order valence-electron chi connectivity index (χ1n) is 15.7. The van der Waals surface area contributed by atoms with Crippen LogP contribution in [0, 0.1) is 0 Å². The van der Waals surface area contributed by atoms with Gasteiger partial charge in [-0.15, -0.1) is 0 Å². The number of nitrogens with zero attached hydrogens (tertiary/aromatic N) is 5. The third-order valence-corrected chi connectivity index (χ3v) is 8.74. The van der Waals surface area contributed by atoms with Crippen LogP contribution in [0.1, 0.15) is 33.6 Å². The molecule has 0 saturated carbocycles. The van der Waals surface area contributed by atoms with Crippen molar-refractivity contribution in [2.45, 2.75) is 12.8 Å². The summed E-state index contributed by atoms with van der Waals surface area (Å²) in [6, 6.07) is 12.7. The van der Waals surface area contributed by atoms with Gasteiger partial charge in [0, 0.05) is 105 Å². The molecule has 2 fully saturated rings. The highest BCUT2D eigenvalue weighted by Crippen LogP contribution is 2.28. The van der Waals surface area contributed by atoms with Crippen LogP contribution >= 0.6 is 11.6 Å². The monoisotopic (exact) mass is 620 g/mol. The lowest BCUT2D eigenvalue weighted by molar-refractivity contribution is 0.0948. The number of piperazine rings is 2. The van der Waals surface area contributed by atoms with E-state index in [1.54, 1.807) is 24.4 Å². The van der Waals surface area contributed by atoms with Crippen LogP contribution in [0.4, 0.5) is 11.4 Å². The summed E-state index contributed by atoms with van der Waals surface area (Å²) >= 11 is 6.19. The molecular weight excluding hydrogens is 576 g/mol. The van der Waals surface area contributed by atoms with E-state index >= 15 is 0 Å². The van der Waals surface area contributed by atoms with E-state index in [-0.39, 0.29) is 11.8 Å². The standard InChI is InChI=1S/C33H45ClN8O2/c1-39-13-17-41(18-14-39)11-3-8-36-32(43)25-21-26(33(44)37-9-4-12-42-19-15-40(2)16-20-42)23-28(22-25)38-30-7-10-35-31-24-27(34)5-6-29(30)31/h5-7,10,21-24H,3-4,8-9,11-20H2,1-2H3,(H,35,38)(H,36,43)(H,37,44). The Kier molecular flexibility index (Phi) is 11.4. The molecule has 0 bridgehead atoms. The van der Waals surface area contributed by atoms with E-state index in [9.17, 15) is 9.59 Å². The molecule has 236 valence electrons. The Morgan fingerprint density at radius 3 is 1.84 bits per heavy atom. The van der Waals surface area contributed by atoms with Gasteiger partial charge in [0.1, 0.15) is 0 Å². The molecule has 5 rings (SSSR count). The molecule has 2 saturated heterocycles. The second kappa shape index (κ2) is 15.6. The van der Waals surface area contributed by atoms with Crippen molar-refractivity contribution in [2.24, 2.45) is 0 Å². The zero-order valence-electron chi connectivity index (χ0n) is 25.9. The molecule has 0 radical (unpaired) electrons. The summed E-state index contributed by atoms with van der Waals surface area (Å²) in [5, 5.41) is 11.1. The number of anilines is 2. The van der Waals surface area contributed by atoms with Gasteiger partial charge in [-0.3, -0.25) is 14.6 Å². The third kappa shape index (κ3) is 9.12. The van der Waals surface area contributed by atoms with Crippen LogP contribution in [0.2, 0.25) is 5.02 Å². The smallest absolute Gasteiger partial charge is 0.251 e. The van der Waals surface area contributed by atoms with Crippen LogP contribution < -0.4 is 16.0 Å². The topological polar surface area (TPSA) is 96.1 Å². The van der Waals surface area contributed by atoms with Crippen LogP contribution in [-0.2, 0) is 0 Å². The summed E-state index contributed by atoms with van der Waals surface area (Å²) in [7, 11) is 4.30. The molecule has 0 aliphatic carbocycles. The fourth-order valence-electron chi connectivity index (χ4n) is 5.70. The number of amides is 2. The number of halogens is 1. The van der Waals surface area contributed by atoms with Crippen molar-refractivity contribution >= 4 is 45.7 Å². The fraction of sp³-hybridized carbons (Fsp3) is 0.485. The SMILES string of the molecule is CN1CCN(CCCNC(=O)c2cc(Nc3ccnc4cc(Cl)ccc34)cc(C(=O)NCCCN3CCN(C)CC3)c2)CC1. The Morgan fingerprint density at radius 2 is 1.30 bits per heavy atom. The average Bonchev–Trinajstić information content (AvgIpc) is 3.02. The number of carbonyl (C=O) groups is 2. The van der Waals surface area contributed by atoms with Crippen LogP contribution in [0.5, 0.6) is 0 Å². The summed E-state index contributed by atoms with van der Waals surface area (Å²) in [5.41, 5.74) is 3.11. The first-order chi connectivity index (χ1) is 21.3. The Labute approximate surface area is 265 Å². The zero-order chi connectivity index (χ0) is 30.9. The molecule has 3 aromatic rings. The van der Waals surface area contributed by atoms with Gasteiger partial charge in [-0.1, -0.05) is 11.6 Å². The molecular formula is C33H45ClN8O2. The summed E-state index contributed by atoms with van der Waals surface area (Å²) in [6.07, 6.45) is 3.46. The molecule has 2 amide bonds. The molecule has 11 heteroatoms. The number of benzene rings is 2. The van der Waals surface area contributed by atoms with Crippen molar-refractivity contribution < 1.29 is 9.59 Å². The molecule has 2 aliphatic heterocycles. The Morgan fingerprint density at radius 1 is 0.750 bits per heavy atom. The Bertz CT molecular complexity index is 1360. The van der Waals surface area contributed by atoms with Gasteiger partial charge in [0.15, 0.2) is 0 Å². The molecule has 10 nitrogen and oxygen atoms in total. The van der Waals surface area contributed by atoms with Gasteiger partial charge in [0.25, 0.3) is 11.8 Å². The van der Waals surface area contributed by atoms with E-state index in [2.05, 4.69) is 54.6 Å². The number of fused-ring (bicyclic) bond motifs is 1. The lowest BCUT2D eigenvalue weighted by atomic mass is 10.1. The number of hydrogen-bond acceptors (Lipinski definition) is 8. The summed E-state index contributed by atoms with van der Waals surface area (Å²) < 4.78 is 0. The molecule has 44 heavy (non-hydrogen) atoms. The fourth-order valence-corrected chi connectivity index (χ4v) is 5.87. The van der Waals surface area contributed by atoms with Crippen molar-refractivity contribution in [3.63, 3.8) is 0 Å². The van der Waals surface area contributed by atoms with E-state index in [1.165, 1.54) is 0 Å². The normalized spacial score (nSPS) is 17.1. The maximum Gasteiger partial charge on any atom is 0.251 e. The van der Waals surface area contributed by atoms with E-state index < -0.39 is 0 Å². The first kappa shape index (κ1) is 32.1. The molecule has 3 heterocycles. The van der Waals surface area contributed by atoms with Crippen molar-refractivity contribution in [1.82, 2.24) is 35.2 Å². The second-order valence-electron chi connectivity index (χ2n) is 12.0. The number of likely N-dealkylation sites (N-methyl/N-ethyl adjacent to an activating group) is 2. The second-order valence-corrected chi connectivity index (χ2v) is 12.4. The van der Waals surface area contributed by atoms with E-state index in [0.717, 1.165) is 94.9 Å². The Balaban J connectivity index is 1.24. The van der Waals surface area contributed by atoms with Crippen molar-refractivity contribution in [2.75, 3.05) is 97.9 Å². The molecule has 1 aromatic heterocycles. The zero-order valence-corrected chi connectivity index (χ0v) is 26.7. The minimum atomic E-state index is -0.192. The van der Waals surface area contributed by atoms with Crippen LogP contribution in [0.15, 0.2) is 48.7 Å². The number of nitrogens with one attached hydrogen (secondary N) is 3. The van der Waals surface area contributed by atoms with Crippen LogP contribution in [-0.4, -0.2) is 129 Å². The highest BCUT2D eigenvalue weighted by Gasteiger charge is 2.17. The van der Waals surface area contributed by atoms with Gasteiger partial charge in [0.2, 0.25) is 0 Å². The lowest BCUT2D eigenvalue weighted by Crippen LogP contribution is -2.45. The minimum absolute atomic E-state index is 0.192. The van der Waals surface area contributed by atoms with Gasteiger partial charge >= 0.3 is 0 Å². The van der Waals surface area contributed by atoms with Gasteiger partial charge in [-0.2, -0.15) is 0 Å². The maximum atomic E-state index is 13.3. The van der Waals surface area contributed by atoms with Crippen molar-refractivity contribution in [1.29, 1.82) is 0 Å². The molecule has 3 N–H and O–H groups in total. The highest BCUT2D eigenvalue weighted by molar-refractivity contribution is 6.31. The maximum absolute atomic E-state index is 13.3. The van der Waals surface area contributed by atoms with Gasteiger partial charge in [0.05, 0.1) is 5.52 Å². The predicted octanol–water partition coefficient (Wildman–Crippen LogP) is 3.37. The van der Waals surface area contributed by atoms with E-state index in [4.69, 9.17) is 11.6 Å². The lowest BCUT2D eigenvalue weighted by Gasteiger charge is -2.32. The Hall–Kier alpha value is -3.28. The van der Waals surface area contributed by atoms with E-state index in [0.29, 0.717) is 34.9 Å².